The predicted octanol–water partition coefficient (Wildman–Crippen LogP) is 2.29. The molecule has 0 amide bonds. The van der Waals surface area contributed by atoms with E-state index in [0.29, 0.717) is 0 Å². The topological polar surface area (TPSA) is 71.1 Å². The van der Waals surface area contributed by atoms with Gasteiger partial charge in [0.25, 0.3) is 0 Å². The molecule has 0 spiro atoms. The summed E-state index contributed by atoms with van der Waals surface area (Å²) in [6.07, 6.45) is 0.447. The van der Waals surface area contributed by atoms with E-state index in [4.69, 9.17) is 18.9 Å². The summed E-state index contributed by atoms with van der Waals surface area (Å²) in [4.78, 5) is 23.3. The molecule has 1 fully saturated rings. The lowest BCUT2D eigenvalue weighted by Crippen LogP contribution is -2.58. The lowest BCUT2D eigenvalue weighted by Gasteiger charge is -2.47. The summed E-state index contributed by atoms with van der Waals surface area (Å²) >= 11 is 0. The van der Waals surface area contributed by atoms with E-state index in [2.05, 4.69) is 0 Å². The number of carbonyl (C=O) groups excluding carboxylic acids is 2. The van der Waals surface area contributed by atoms with Gasteiger partial charge < -0.3 is 18.9 Å². The van der Waals surface area contributed by atoms with E-state index in [9.17, 15) is 9.59 Å². The minimum absolute atomic E-state index is 0.439. The lowest BCUT2D eigenvalue weighted by atomic mass is 9.93. The van der Waals surface area contributed by atoms with E-state index < -0.39 is 42.1 Å². The van der Waals surface area contributed by atoms with Gasteiger partial charge in [0.1, 0.15) is 12.2 Å². The second-order valence-electron chi connectivity index (χ2n) is 6.27. The molecule has 24 heavy (non-hydrogen) atoms. The van der Waals surface area contributed by atoms with Crippen molar-refractivity contribution in [3.63, 3.8) is 0 Å². The zero-order chi connectivity index (χ0) is 17.3. The molecule has 2 aliphatic rings. The molecule has 1 aromatic carbocycles. The van der Waals surface area contributed by atoms with Crippen molar-refractivity contribution in [3.8, 4) is 0 Å². The third kappa shape index (κ3) is 3.49. The molecule has 4 atom stereocenters. The minimum atomic E-state index is -0.910. The van der Waals surface area contributed by atoms with E-state index >= 15 is 0 Å². The van der Waals surface area contributed by atoms with Crippen LogP contribution in [0.25, 0.3) is 0 Å². The van der Waals surface area contributed by atoms with Gasteiger partial charge in [0.15, 0.2) is 18.0 Å². The van der Waals surface area contributed by atoms with Crippen molar-refractivity contribution < 1.29 is 28.5 Å². The zero-order valence-corrected chi connectivity index (χ0v) is 13.8. The number of rotatable bonds is 3. The maximum absolute atomic E-state index is 11.7. The smallest absolute Gasteiger partial charge is 0.330 e. The Bertz CT molecular complexity index is 651. The number of benzene rings is 1. The van der Waals surface area contributed by atoms with E-state index in [1.165, 1.54) is 13.0 Å². The fourth-order valence-corrected chi connectivity index (χ4v) is 3.01. The number of carbonyl (C=O) groups is 2. The highest BCUT2D eigenvalue weighted by atomic mass is 16.7. The van der Waals surface area contributed by atoms with Crippen LogP contribution >= 0.6 is 0 Å². The van der Waals surface area contributed by atoms with Crippen LogP contribution in [0.4, 0.5) is 0 Å². The fraction of sp³-hybridized carbons (Fsp3) is 0.444. The van der Waals surface area contributed by atoms with Crippen LogP contribution in [0.5, 0.6) is 0 Å². The number of fused-ring (bicyclic) bond motifs is 1. The molecule has 0 bridgehead atoms. The Morgan fingerprint density at radius 2 is 1.92 bits per heavy atom. The Hall–Kier alpha value is -2.18. The van der Waals surface area contributed by atoms with Gasteiger partial charge in [-0.2, -0.15) is 0 Å². The SMILES string of the molecule is CC(=O)O[C@H](c1ccccc1)[C@H]1OC(C)(C)O[C@H]2C=CC(=O)O[C@@H]12. The van der Waals surface area contributed by atoms with Crippen molar-refractivity contribution in [2.75, 3.05) is 0 Å². The van der Waals surface area contributed by atoms with Gasteiger partial charge in [0, 0.05) is 13.0 Å². The first-order chi connectivity index (χ1) is 11.4. The molecule has 0 unspecified atom stereocenters. The van der Waals surface area contributed by atoms with E-state index in [-0.39, 0.29) is 0 Å². The van der Waals surface area contributed by atoms with E-state index in [1.807, 2.05) is 30.3 Å². The Morgan fingerprint density at radius 1 is 1.21 bits per heavy atom. The second kappa shape index (κ2) is 6.37. The second-order valence-corrected chi connectivity index (χ2v) is 6.27. The first-order valence-corrected chi connectivity index (χ1v) is 7.82. The molecule has 0 saturated carbocycles. The van der Waals surface area contributed by atoms with Gasteiger partial charge in [-0.15, -0.1) is 0 Å². The maximum Gasteiger partial charge on any atom is 0.330 e. The summed E-state index contributed by atoms with van der Waals surface area (Å²) in [5.74, 6) is -1.82. The van der Waals surface area contributed by atoms with Crippen molar-refractivity contribution >= 4 is 11.9 Å². The highest BCUT2D eigenvalue weighted by Gasteiger charge is 2.50. The van der Waals surface area contributed by atoms with Crippen LogP contribution in [-0.2, 0) is 28.5 Å². The van der Waals surface area contributed by atoms with Crippen molar-refractivity contribution in [1.29, 1.82) is 0 Å². The maximum atomic E-state index is 11.7. The van der Waals surface area contributed by atoms with Crippen LogP contribution in [0.2, 0.25) is 0 Å². The summed E-state index contributed by atoms with van der Waals surface area (Å²) in [5, 5.41) is 0. The van der Waals surface area contributed by atoms with Gasteiger partial charge in [-0.3, -0.25) is 4.79 Å². The Labute approximate surface area is 140 Å². The monoisotopic (exact) mass is 332 g/mol. The van der Waals surface area contributed by atoms with E-state index in [0.717, 1.165) is 5.56 Å². The van der Waals surface area contributed by atoms with Crippen LogP contribution in [0, 0.1) is 0 Å². The summed E-state index contributed by atoms with van der Waals surface area (Å²) in [6.45, 7) is 4.89. The molecule has 0 aromatic heterocycles. The highest BCUT2D eigenvalue weighted by Crippen LogP contribution is 2.38. The molecule has 128 valence electrons. The van der Waals surface area contributed by atoms with Gasteiger partial charge in [-0.1, -0.05) is 30.3 Å². The molecule has 0 radical (unpaired) electrons. The van der Waals surface area contributed by atoms with Crippen LogP contribution in [0.3, 0.4) is 0 Å². The normalized spacial score (nSPS) is 29.3. The lowest BCUT2D eigenvalue weighted by molar-refractivity contribution is -0.339. The van der Waals surface area contributed by atoms with Gasteiger partial charge in [0.05, 0.1) is 0 Å². The standard InChI is InChI=1S/C18H20O6/c1-11(19)21-15(12-7-5-4-6-8-12)17-16-13(9-10-14(20)22-16)23-18(2,3)24-17/h4-10,13,15-17H,1-3H3/t13-,15+,16+,17+/m0/s1. The van der Waals surface area contributed by atoms with Crippen LogP contribution in [-0.4, -0.2) is 36.0 Å². The van der Waals surface area contributed by atoms with Crippen molar-refractivity contribution in [1.82, 2.24) is 0 Å². The number of esters is 2. The minimum Gasteiger partial charge on any atom is -0.455 e. The Morgan fingerprint density at radius 3 is 2.58 bits per heavy atom. The number of ether oxygens (including phenoxy) is 4. The van der Waals surface area contributed by atoms with Crippen molar-refractivity contribution in [2.45, 2.75) is 51.0 Å². The Balaban J connectivity index is 1.98. The molecule has 3 rings (SSSR count). The molecular weight excluding hydrogens is 312 g/mol. The van der Waals surface area contributed by atoms with E-state index in [1.54, 1.807) is 19.9 Å². The van der Waals surface area contributed by atoms with Crippen LogP contribution < -0.4 is 0 Å². The zero-order valence-electron chi connectivity index (χ0n) is 13.8. The first kappa shape index (κ1) is 16.7. The largest absolute Gasteiger partial charge is 0.455 e. The molecule has 1 aromatic rings. The highest BCUT2D eigenvalue weighted by molar-refractivity contribution is 5.83. The first-order valence-electron chi connectivity index (χ1n) is 7.82. The van der Waals surface area contributed by atoms with Gasteiger partial charge in [0.2, 0.25) is 0 Å². The molecule has 6 heteroatoms. The average Bonchev–Trinajstić information content (AvgIpc) is 2.52. The van der Waals surface area contributed by atoms with Crippen molar-refractivity contribution in [3.05, 3.63) is 48.0 Å². The Kier molecular flexibility index (Phi) is 4.43. The molecule has 2 heterocycles. The van der Waals surface area contributed by atoms with Crippen LogP contribution in [0.15, 0.2) is 42.5 Å². The van der Waals surface area contributed by atoms with Gasteiger partial charge >= 0.3 is 11.9 Å². The number of hydrogen-bond acceptors (Lipinski definition) is 6. The van der Waals surface area contributed by atoms with Crippen LogP contribution in [0.1, 0.15) is 32.4 Å². The summed E-state index contributed by atoms with van der Waals surface area (Å²) < 4.78 is 22.8. The summed E-state index contributed by atoms with van der Waals surface area (Å²) in [7, 11) is 0. The molecule has 6 nitrogen and oxygen atoms in total. The summed E-state index contributed by atoms with van der Waals surface area (Å²) in [5.41, 5.74) is 0.764. The average molecular weight is 332 g/mol. The number of hydrogen-bond donors (Lipinski definition) is 0. The summed E-state index contributed by atoms with van der Waals surface area (Å²) in [6, 6.07) is 9.25. The third-order valence-electron chi connectivity index (χ3n) is 3.88. The molecule has 2 aliphatic heterocycles. The predicted molar refractivity (Wildman–Crippen MR) is 83.8 cm³/mol. The third-order valence-corrected chi connectivity index (χ3v) is 3.88. The molecule has 0 aliphatic carbocycles. The quantitative estimate of drug-likeness (QED) is 0.791. The van der Waals surface area contributed by atoms with Gasteiger partial charge in [-0.05, 0) is 25.5 Å². The molecule has 1 saturated heterocycles. The fourth-order valence-electron chi connectivity index (χ4n) is 3.01. The van der Waals surface area contributed by atoms with Gasteiger partial charge in [-0.25, -0.2) is 4.79 Å². The molecule has 0 N–H and O–H groups in total. The molecular formula is C18H20O6. The van der Waals surface area contributed by atoms with Crippen molar-refractivity contribution in [2.24, 2.45) is 0 Å².